The Hall–Kier alpha value is -10.9. The summed E-state index contributed by atoms with van der Waals surface area (Å²) in [6.07, 6.45) is 18.6. The SMILES string of the molecule is Cc1ccn(CCNc2ncc(C#N)c(N[C@@H]3CC[C@H](Oc4[nH+]c(CCNc5ncc(C#N)c(N[C@@H]6CC(c7ccc(CCNc8ncc(C#N)c(N[C@@H]9CC[C@@]([OH2+])(c%10ccc(CCNc%11ncc(C#N)c(N[C@@H]%12CC[C@H]([OH2+])C(C)(C)C%12)n%11)cn%10)C(C)(C)C9)n8)o7)[C@H]([OH2+])C(C)(C)C6)n5)no4)C(C)(C)C3)n2)n1. The molecule has 12 rings (SSSR count). The van der Waals surface area contributed by atoms with Crippen molar-refractivity contribution in [2.45, 2.75) is 213 Å². The second kappa shape index (κ2) is 31.8. The van der Waals surface area contributed by atoms with Gasteiger partial charge in [-0.1, -0.05) is 61.5 Å². The predicted octanol–water partition coefficient (Wildman–Crippen LogP) is 8.31. The van der Waals surface area contributed by atoms with Gasteiger partial charge in [-0.25, -0.2) is 19.9 Å². The molecular weight excluding hydrogens is 1350 g/mol. The summed E-state index contributed by atoms with van der Waals surface area (Å²) in [5, 5.41) is 104. The number of rotatable bonds is 28. The molecule has 4 fully saturated rings. The molecular formula is C75H99N25O6+4. The predicted molar refractivity (Wildman–Crippen MR) is 398 cm³/mol. The third-order valence-corrected chi connectivity index (χ3v) is 21.7. The fraction of sp³-hybridized carbons (Fsp3) is 0.547. The van der Waals surface area contributed by atoms with Gasteiger partial charge in [-0.05, 0) is 101 Å². The van der Waals surface area contributed by atoms with E-state index in [4.69, 9.17) is 33.7 Å². The van der Waals surface area contributed by atoms with E-state index in [-0.39, 0.29) is 59.2 Å². The van der Waals surface area contributed by atoms with Crippen molar-refractivity contribution >= 4 is 47.1 Å². The first-order valence-electron chi connectivity index (χ1n) is 36.6. The molecule has 9 atom stereocenters. The third-order valence-electron chi connectivity index (χ3n) is 21.7. The van der Waals surface area contributed by atoms with E-state index in [1.165, 1.54) is 24.8 Å². The summed E-state index contributed by atoms with van der Waals surface area (Å²) in [5.41, 5.74) is 1.69. The van der Waals surface area contributed by atoms with Crippen LogP contribution in [0.5, 0.6) is 6.08 Å². The van der Waals surface area contributed by atoms with Gasteiger partial charge in [0.05, 0.1) is 49.4 Å². The number of pyridine rings is 1. The zero-order valence-corrected chi connectivity index (χ0v) is 61.8. The minimum Gasteiger partial charge on any atom is -0.465 e. The highest BCUT2D eigenvalue weighted by Crippen LogP contribution is 2.51. The highest BCUT2D eigenvalue weighted by atomic mass is 16.6. The molecule has 0 aliphatic heterocycles. The molecule has 4 aliphatic carbocycles. The fourth-order valence-electron chi connectivity index (χ4n) is 15.4. The van der Waals surface area contributed by atoms with E-state index in [0.717, 1.165) is 49.1 Å². The summed E-state index contributed by atoms with van der Waals surface area (Å²) in [6, 6.07) is 18.7. The molecule has 106 heavy (non-hydrogen) atoms. The number of hydrogen-bond donors (Lipinski definition) is 8. The average molecular weight is 1450 g/mol. The van der Waals surface area contributed by atoms with Gasteiger partial charge in [0.2, 0.25) is 29.4 Å². The van der Waals surface area contributed by atoms with Crippen molar-refractivity contribution in [1.82, 2.24) is 59.8 Å². The Bertz CT molecular complexity index is 4540. The van der Waals surface area contributed by atoms with E-state index in [9.17, 15) is 31.3 Å². The van der Waals surface area contributed by atoms with E-state index in [1.807, 2.05) is 54.3 Å². The number of anilines is 8. The lowest BCUT2D eigenvalue weighted by molar-refractivity contribution is -0.416. The Morgan fingerprint density at radius 1 is 0.575 bits per heavy atom. The first-order valence-corrected chi connectivity index (χ1v) is 36.6. The van der Waals surface area contributed by atoms with Gasteiger partial charge in [0, 0.05) is 104 Å². The number of aromatic nitrogens is 13. The minimum atomic E-state index is -0.970. The largest absolute Gasteiger partial charge is 0.511 e. The van der Waals surface area contributed by atoms with Crippen molar-refractivity contribution in [3.63, 3.8) is 0 Å². The molecule has 556 valence electrons. The molecule has 8 heterocycles. The molecule has 0 radical (unpaired) electrons. The molecule has 0 amide bonds. The number of H-pyrrole nitrogens is 1. The van der Waals surface area contributed by atoms with Crippen LogP contribution in [0.25, 0.3) is 0 Å². The summed E-state index contributed by atoms with van der Waals surface area (Å²) in [4.78, 5) is 44.6. The Labute approximate surface area is 616 Å². The Morgan fingerprint density at radius 3 is 1.63 bits per heavy atom. The fourth-order valence-corrected chi connectivity index (χ4v) is 15.4. The van der Waals surface area contributed by atoms with Crippen LogP contribution in [0.15, 0.2) is 76.5 Å². The van der Waals surface area contributed by atoms with Gasteiger partial charge in [-0.3, -0.25) is 9.67 Å². The highest BCUT2D eigenvalue weighted by molar-refractivity contribution is 5.57. The van der Waals surface area contributed by atoms with E-state index < -0.39 is 22.5 Å². The van der Waals surface area contributed by atoms with Crippen LogP contribution in [0.2, 0.25) is 0 Å². The smallest absolute Gasteiger partial charge is 0.465 e. The summed E-state index contributed by atoms with van der Waals surface area (Å²) < 4.78 is 20.4. The number of nitrogens with one attached hydrogen (secondary N) is 9. The van der Waals surface area contributed by atoms with Gasteiger partial charge in [0.15, 0.2) is 17.4 Å². The number of ether oxygens (including phenoxy) is 1. The molecule has 0 bridgehead atoms. The molecule has 4 saturated carbocycles. The van der Waals surface area contributed by atoms with Crippen LogP contribution >= 0.6 is 0 Å². The number of furan rings is 1. The maximum absolute atomic E-state index is 10.2. The van der Waals surface area contributed by atoms with Gasteiger partial charge in [-0.15, -0.1) is 0 Å². The van der Waals surface area contributed by atoms with Crippen LogP contribution < -0.4 is 52.3 Å². The minimum absolute atomic E-state index is 0.0345. The van der Waals surface area contributed by atoms with Crippen LogP contribution in [-0.4, -0.2) is 144 Å². The lowest BCUT2D eigenvalue weighted by atomic mass is 9.62. The summed E-state index contributed by atoms with van der Waals surface area (Å²) in [7, 11) is 0. The number of aryl methyl sites for hydroxylation is 1. The Morgan fingerprint density at radius 2 is 1.10 bits per heavy atom. The van der Waals surface area contributed by atoms with Crippen LogP contribution in [0.1, 0.15) is 188 Å². The van der Waals surface area contributed by atoms with E-state index >= 15 is 0 Å². The topological polar surface area (TPSA) is 456 Å². The standard InChI is InChI=1S/C75H95N25O6/c1-44-22-28-100(98-44)29-27-83-69-88-42-47(36-77)63(96-69)90-51-12-17-59(72(4,5)32-51)105-70-93-60(99-106-70)21-26-82-68-87-43-49(38-79)65(97-68)92-53-30-55(61(102)73(6,7)33-53)56-14-13-54(104-56)20-25-81-67-86-41-48(37-78)64(95-67)91-52-18-23-75(103,74(8,9)34-52)57-15-10-45(39-84-57)19-24-80-66-85-40-46(35-76)62(94-66)89-50-11-16-58(101)71(2,3)31-50/h10,13-15,22,28,39-43,50-53,55,58-59,61,101-103H,11-12,16-21,23-27,29-34H2,1-9H3,(H2,80,85,89,94)(H2,81,86,91,95)(H2,82,87,92,97)(H2,83,88,90,96)/p+4/t50-,51-,52-,53-,55?,58+,59+,61+,75-/m1/s1. The number of hydrogen-bond acceptors (Lipinski definition) is 26. The quantitative estimate of drug-likeness (QED) is 0.0214. The summed E-state index contributed by atoms with van der Waals surface area (Å²) >= 11 is 0. The summed E-state index contributed by atoms with van der Waals surface area (Å²) in [6.45, 7) is 21.4. The third kappa shape index (κ3) is 17.7. The first-order chi connectivity index (χ1) is 50.8. The molecule has 31 nitrogen and oxygen atoms in total. The molecule has 1 unspecified atom stereocenters. The lowest BCUT2D eigenvalue weighted by Gasteiger charge is -2.45. The first kappa shape index (κ1) is 74.8. The number of aromatic amines is 1. The highest BCUT2D eigenvalue weighted by Gasteiger charge is 2.55. The molecule has 15 N–H and O–H groups in total. The van der Waals surface area contributed by atoms with Crippen molar-refractivity contribution < 1.29 is 34.0 Å². The van der Waals surface area contributed by atoms with E-state index in [0.29, 0.717) is 177 Å². The lowest BCUT2D eigenvalue weighted by Crippen LogP contribution is -2.50. The number of nitrogens with zero attached hydrogens (tertiary/aromatic N) is 16. The van der Waals surface area contributed by atoms with Gasteiger partial charge >= 0.3 is 11.9 Å². The average Bonchev–Trinajstić information content (AvgIpc) is 1.49. The monoisotopic (exact) mass is 1450 g/mol. The van der Waals surface area contributed by atoms with Crippen molar-refractivity contribution in [3.8, 4) is 30.4 Å². The van der Waals surface area contributed by atoms with Crippen molar-refractivity contribution in [2.24, 2.45) is 21.7 Å². The molecule has 0 spiro atoms. The van der Waals surface area contributed by atoms with Crippen molar-refractivity contribution in [3.05, 3.63) is 124 Å². The molecule has 0 saturated heterocycles. The van der Waals surface area contributed by atoms with Gasteiger partial charge < -0.3 is 67.0 Å². The van der Waals surface area contributed by atoms with Gasteiger partial charge in [0.1, 0.15) is 93.1 Å². The normalized spacial score (nSPS) is 23.5. The van der Waals surface area contributed by atoms with Crippen LogP contribution in [0.4, 0.5) is 47.1 Å². The van der Waals surface area contributed by atoms with Crippen LogP contribution in [-0.2, 0) is 31.4 Å². The Balaban J connectivity index is 0.585. The van der Waals surface area contributed by atoms with Gasteiger partial charge in [-0.2, -0.15) is 55.6 Å². The van der Waals surface area contributed by atoms with Crippen LogP contribution in [0.3, 0.4) is 0 Å². The molecule has 4 aliphatic rings. The maximum Gasteiger partial charge on any atom is 0.511 e. The van der Waals surface area contributed by atoms with Gasteiger partial charge in [0.25, 0.3) is 0 Å². The molecule has 8 aromatic heterocycles. The molecule has 31 heteroatoms. The van der Waals surface area contributed by atoms with E-state index in [2.05, 4.69) is 167 Å². The molecule has 8 aromatic rings. The van der Waals surface area contributed by atoms with Crippen molar-refractivity contribution in [2.75, 3.05) is 68.7 Å². The molecule has 0 aromatic carbocycles. The second-order valence-electron chi connectivity index (χ2n) is 31.5. The van der Waals surface area contributed by atoms with Crippen LogP contribution in [0, 0.1) is 73.9 Å². The van der Waals surface area contributed by atoms with E-state index in [1.54, 1.807) is 0 Å². The van der Waals surface area contributed by atoms with Crippen molar-refractivity contribution in [1.29, 1.82) is 21.0 Å². The Kier molecular flexibility index (Phi) is 22.5. The second-order valence-corrected chi connectivity index (χ2v) is 31.5. The zero-order valence-electron chi connectivity index (χ0n) is 61.8. The number of nitriles is 4. The summed E-state index contributed by atoms with van der Waals surface area (Å²) in [5.74, 6) is 5.09. The zero-order chi connectivity index (χ0) is 75.0. The maximum atomic E-state index is 10.2.